The van der Waals surface area contributed by atoms with Crippen molar-refractivity contribution in [3.05, 3.63) is 22.8 Å². The molecule has 23 heavy (non-hydrogen) atoms. The topological polar surface area (TPSA) is 59.2 Å². The number of carbonyl (C=O) groups excluding carboxylic acids is 1. The molecule has 2 aromatic rings. The van der Waals surface area contributed by atoms with E-state index >= 15 is 0 Å². The molecule has 0 N–H and O–H groups in total. The SMILES string of the molecule is Cc1ccsc1-c1nc([C@@H]2CC(=O)N(C3CCCCC3)C2)no1. The first kappa shape index (κ1) is 14.9. The van der Waals surface area contributed by atoms with Crippen molar-refractivity contribution in [2.45, 2.75) is 57.4 Å². The molecule has 1 saturated heterocycles. The van der Waals surface area contributed by atoms with Crippen molar-refractivity contribution in [2.75, 3.05) is 6.54 Å². The number of likely N-dealkylation sites (tertiary alicyclic amines) is 1. The predicted molar refractivity (Wildman–Crippen MR) is 88.3 cm³/mol. The van der Waals surface area contributed by atoms with E-state index < -0.39 is 0 Å². The van der Waals surface area contributed by atoms with Crippen LogP contribution in [0.4, 0.5) is 0 Å². The molecule has 4 rings (SSSR count). The first-order valence-corrected chi connectivity index (χ1v) is 9.28. The number of amides is 1. The molecule has 122 valence electrons. The summed E-state index contributed by atoms with van der Waals surface area (Å²) in [5.41, 5.74) is 1.15. The fourth-order valence-electron chi connectivity index (χ4n) is 3.73. The van der Waals surface area contributed by atoms with E-state index in [-0.39, 0.29) is 11.8 Å². The lowest BCUT2D eigenvalue weighted by molar-refractivity contribution is -0.130. The van der Waals surface area contributed by atoms with E-state index in [1.807, 2.05) is 18.4 Å². The zero-order valence-electron chi connectivity index (χ0n) is 13.3. The molecule has 0 unspecified atom stereocenters. The van der Waals surface area contributed by atoms with Crippen LogP contribution in [0.1, 0.15) is 55.8 Å². The van der Waals surface area contributed by atoms with Crippen LogP contribution in [0, 0.1) is 6.92 Å². The summed E-state index contributed by atoms with van der Waals surface area (Å²) in [5.74, 6) is 1.58. The number of rotatable bonds is 3. The van der Waals surface area contributed by atoms with Gasteiger partial charge >= 0.3 is 0 Å². The van der Waals surface area contributed by atoms with Crippen molar-refractivity contribution >= 4 is 17.2 Å². The monoisotopic (exact) mass is 331 g/mol. The van der Waals surface area contributed by atoms with E-state index in [1.165, 1.54) is 19.3 Å². The normalized spacial score (nSPS) is 22.9. The van der Waals surface area contributed by atoms with Crippen LogP contribution in [0.3, 0.4) is 0 Å². The molecule has 0 bridgehead atoms. The first-order chi connectivity index (χ1) is 11.2. The molecule has 0 radical (unpaired) electrons. The van der Waals surface area contributed by atoms with E-state index in [0.29, 0.717) is 24.2 Å². The summed E-state index contributed by atoms with van der Waals surface area (Å²) in [5, 5.41) is 6.18. The Labute approximate surface area is 139 Å². The average Bonchev–Trinajstić information content (AvgIpc) is 3.27. The maximum atomic E-state index is 12.4. The Morgan fingerprint density at radius 3 is 2.87 bits per heavy atom. The number of carbonyl (C=O) groups is 1. The molecule has 2 aliphatic rings. The Balaban J connectivity index is 1.50. The van der Waals surface area contributed by atoms with E-state index in [0.717, 1.165) is 29.8 Å². The summed E-state index contributed by atoms with van der Waals surface area (Å²) in [6.07, 6.45) is 6.58. The van der Waals surface area contributed by atoms with Crippen LogP contribution < -0.4 is 0 Å². The van der Waals surface area contributed by atoms with Crippen molar-refractivity contribution in [1.29, 1.82) is 0 Å². The second kappa shape index (κ2) is 6.07. The number of aryl methyl sites for hydroxylation is 1. The Morgan fingerprint density at radius 2 is 2.13 bits per heavy atom. The summed E-state index contributed by atoms with van der Waals surface area (Å²) >= 11 is 1.61. The molecule has 1 aliphatic heterocycles. The van der Waals surface area contributed by atoms with Crippen molar-refractivity contribution in [1.82, 2.24) is 15.0 Å². The minimum absolute atomic E-state index is 0.0715. The van der Waals surface area contributed by atoms with Crippen LogP contribution in [0.15, 0.2) is 16.0 Å². The zero-order valence-corrected chi connectivity index (χ0v) is 14.1. The lowest BCUT2D eigenvalue weighted by atomic mass is 9.94. The van der Waals surface area contributed by atoms with Gasteiger partial charge in [0.2, 0.25) is 5.91 Å². The number of hydrogen-bond acceptors (Lipinski definition) is 5. The molecular weight excluding hydrogens is 310 g/mol. The van der Waals surface area contributed by atoms with Gasteiger partial charge in [-0.25, -0.2) is 0 Å². The van der Waals surface area contributed by atoms with E-state index in [2.05, 4.69) is 15.0 Å². The van der Waals surface area contributed by atoms with E-state index in [1.54, 1.807) is 11.3 Å². The van der Waals surface area contributed by atoms with Crippen molar-refractivity contribution in [3.63, 3.8) is 0 Å². The Morgan fingerprint density at radius 1 is 1.30 bits per heavy atom. The lowest BCUT2D eigenvalue weighted by Crippen LogP contribution is -2.37. The smallest absolute Gasteiger partial charge is 0.268 e. The van der Waals surface area contributed by atoms with Gasteiger partial charge in [-0.15, -0.1) is 11.3 Å². The molecule has 0 spiro atoms. The van der Waals surface area contributed by atoms with E-state index in [9.17, 15) is 4.79 Å². The minimum Gasteiger partial charge on any atom is -0.339 e. The second-order valence-electron chi connectivity index (χ2n) is 6.63. The highest BCUT2D eigenvalue weighted by molar-refractivity contribution is 7.13. The third-order valence-corrected chi connectivity index (χ3v) is 6.04. The van der Waals surface area contributed by atoms with Gasteiger partial charge in [0.25, 0.3) is 5.89 Å². The molecule has 1 aliphatic carbocycles. The molecule has 6 heteroatoms. The van der Waals surface area contributed by atoms with Gasteiger partial charge in [-0.1, -0.05) is 24.4 Å². The Kier molecular flexibility index (Phi) is 3.93. The van der Waals surface area contributed by atoms with Crippen LogP contribution in [-0.4, -0.2) is 33.5 Å². The zero-order chi connectivity index (χ0) is 15.8. The number of aromatic nitrogens is 2. The highest BCUT2D eigenvalue weighted by Crippen LogP contribution is 2.34. The Bertz CT molecular complexity index is 702. The molecule has 1 saturated carbocycles. The van der Waals surface area contributed by atoms with Gasteiger partial charge < -0.3 is 9.42 Å². The highest BCUT2D eigenvalue weighted by Gasteiger charge is 2.37. The fraction of sp³-hybridized carbons (Fsp3) is 0.588. The summed E-state index contributed by atoms with van der Waals surface area (Å²) in [4.78, 5) is 20.0. The fourth-order valence-corrected chi connectivity index (χ4v) is 4.58. The molecule has 3 heterocycles. The third kappa shape index (κ3) is 2.80. The van der Waals surface area contributed by atoms with Crippen LogP contribution in [0.2, 0.25) is 0 Å². The van der Waals surface area contributed by atoms with Gasteiger partial charge in [0.1, 0.15) is 0 Å². The van der Waals surface area contributed by atoms with Gasteiger partial charge in [0.05, 0.1) is 4.88 Å². The molecule has 1 atom stereocenters. The molecule has 2 aromatic heterocycles. The summed E-state index contributed by atoms with van der Waals surface area (Å²) in [6.45, 7) is 2.78. The number of thiophene rings is 1. The van der Waals surface area contributed by atoms with Gasteiger partial charge in [0, 0.05) is 24.9 Å². The van der Waals surface area contributed by atoms with Crippen molar-refractivity contribution in [2.24, 2.45) is 0 Å². The van der Waals surface area contributed by atoms with Crippen molar-refractivity contribution in [3.8, 4) is 10.8 Å². The van der Waals surface area contributed by atoms with Crippen LogP contribution >= 0.6 is 11.3 Å². The third-order valence-electron chi connectivity index (χ3n) is 5.04. The Hall–Kier alpha value is -1.69. The van der Waals surface area contributed by atoms with Crippen molar-refractivity contribution < 1.29 is 9.32 Å². The summed E-state index contributed by atoms with van der Waals surface area (Å²) in [7, 11) is 0. The van der Waals surface area contributed by atoms with Crippen LogP contribution in [0.5, 0.6) is 0 Å². The number of hydrogen-bond donors (Lipinski definition) is 0. The average molecular weight is 331 g/mol. The minimum atomic E-state index is 0.0715. The largest absolute Gasteiger partial charge is 0.339 e. The maximum absolute atomic E-state index is 12.4. The van der Waals surface area contributed by atoms with E-state index in [4.69, 9.17) is 4.52 Å². The van der Waals surface area contributed by atoms with Gasteiger partial charge in [-0.05, 0) is 36.8 Å². The van der Waals surface area contributed by atoms with Gasteiger partial charge in [0.15, 0.2) is 5.82 Å². The molecule has 0 aromatic carbocycles. The molecule has 5 nitrogen and oxygen atoms in total. The quantitative estimate of drug-likeness (QED) is 0.859. The lowest BCUT2D eigenvalue weighted by Gasteiger charge is -2.31. The molecule has 2 fully saturated rings. The summed E-state index contributed by atoms with van der Waals surface area (Å²) < 4.78 is 5.44. The first-order valence-electron chi connectivity index (χ1n) is 8.40. The molecule has 1 amide bonds. The summed E-state index contributed by atoms with van der Waals surface area (Å²) in [6, 6.07) is 2.47. The van der Waals surface area contributed by atoms with Gasteiger partial charge in [-0.3, -0.25) is 4.79 Å². The van der Waals surface area contributed by atoms with Crippen LogP contribution in [-0.2, 0) is 4.79 Å². The van der Waals surface area contributed by atoms with Gasteiger partial charge in [-0.2, -0.15) is 4.98 Å². The highest BCUT2D eigenvalue weighted by atomic mass is 32.1. The maximum Gasteiger partial charge on any atom is 0.268 e. The van der Waals surface area contributed by atoms with Crippen LogP contribution in [0.25, 0.3) is 10.8 Å². The second-order valence-corrected chi connectivity index (χ2v) is 7.55. The predicted octanol–water partition coefficient (Wildman–Crippen LogP) is 3.76. The molecular formula is C17H21N3O2S. The number of nitrogens with zero attached hydrogens (tertiary/aromatic N) is 3. The standard InChI is InChI=1S/C17H21N3O2S/c1-11-7-8-23-15(11)17-18-16(19-22-17)12-9-14(21)20(10-12)13-5-3-2-4-6-13/h7-8,12-13H,2-6,9-10H2,1H3/t12-/m1/s1.